The second-order valence-corrected chi connectivity index (χ2v) is 5.28. The van der Waals surface area contributed by atoms with Crippen molar-refractivity contribution >= 4 is 10.9 Å². The lowest BCUT2D eigenvalue weighted by molar-refractivity contribution is 0.199. The fraction of sp³-hybridized carbons (Fsp3) is 0.412. The van der Waals surface area contributed by atoms with E-state index in [0.29, 0.717) is 0 Å². The Morgan fingerprint density at radius 1 is 1.35 bits per heavy atom. The minimum absolute atomic E-state index is 0.750. The Bertz CT molecular complexity index is 571. The van der Waals surface area contributed by atoms with Crippen LogP contribution in [0.2, 0.25) is 0 Å². The predicted octanol–water partition coefficient (Wildman–Crippen LogP) is 3.34. The third-order valence-electron chi connectivity index (χ3n) is 3.43. The Hall–Kier alpha value is -1.58. The van der Waals surface area contributed by atoms with Crippen LogP contribution in [0, 0.1) is 0 Å². The van der Waals surface area contributed by atoms with E-state index in [2.05, 4.69) is 53.8 Å². The summed E-state index contributed by atoms with van der Waals surface area (Å²) in [6.07, 6.45) is 3.19. The maximum absolute atomic E-state index is 5.03. The summed E-state index contributed by atoms with van der Waals surface area (Å²) in [5.74, 6) is 0. The third kappa shape index (κ3) is 3.95. The van der Waals surface area contributed by atoms with Gasteiger partial charge in [0.15, 0.2) is 0 Å². The van der Waals surface area contributed by atoms with Crippen LogP contribution in [0.25, 0.3) is 10.9 Å². The van der Waals surface area contributed by atoms with Gasteiger partial charge in [0, 0.05) is 38.5 Å². The zero-order valence-electron chi connectivity index (χ0n) is 12.5. The third-order valence-corrected chi connectivity index (χ3v) is 3.43. The number of aromatic nitrogens is 1. The minimum atomic E-state index is 0.750. The van der Waals surface area contributed by atoms with E-state index in [9.17, 15) is 0 Å². The molecule has 3 heteroatoms. The van der Waals surface area contributed by atoms with Crippen LogP contribution in [0.1, 0.15) is 18.9 Å². The van der Waals surface area contributed by atoms with E-state index in [1.54, 1.807) is 7.11 Å². The van der Waals surface area contributed by atoms with Crippen molar-refractivity contribution in [2.75, 3.05) is 20.3 Å². The van der Waals surface area contributed by atoms with E-state index < -0.39 is 0 Å². The van der Waals surface area contributed by atoms with Crippen molar-refractivity contribution in [2.24, 2.45) is 0 Å². The van der Waals surface area contributed by atoms with E-state index in [4.69, 9.17) is 4.74 Å². The van der Waals surface area contributed by atoms with Gasteiger partial charge in [-0.1, -0.05) is 11.6 Å². The van der Waals surface area contributed by atoms with Crippen molar-refractivity contribution < 1.29 is 4.74 Å². The summed E-state index contributed by atoms with van der Waals surface area (Å²) in [4.78, 5) is 0. The van der Waals surface area contributed by atoms with Crippen molar-refractivity contribution in [1.29, 1.82) is 0 Å². The number of hydrogen-bond donors (Lipinski definition) is 1. The first-order valence-corrected chi connectivity index (χ1v) is 7.12. The zero-order valence-corrected chi connectivity index (χ0v) is 12.5. The zero-order chi connectivity index (χ0) is 14.4. The number of fused-ring (bicyclic) bond motifs is 1. The lowest BCUT2D eigenvalue weighted by Gasteiger charge is -2.07. The quantitative estimate of drug-likeness (QED) is 0.589. The average Bonchev–Trinajstić information content (AvgIpc) is 2.84. The molecule has 0 saturated carbocycles. The van der Waals surface area contributed by atoms with Gasteiger partial charge in [-0.2, -0.15) is 0 Å². The molecule has 0 atom stereocenters. The Labute approximate surface area is 121 Å². The normalized spacial score (nSPS) is 11.1. The molecule has 2 aromatic rings. The van der Waals surface area contributed by atoms with Gasteiger partial charge in [0.05, 0.1) is 6.61 Å². The number of allylic oxidation sites excluding steroid dienone is 1. The average molecular weight is 272 g/mol. The molecular weight excluding hydrogens is 248 g/mol. The molecule has 1 aromatic carbocycles. The molecule has 0 saturated heterocycles. The monoisotopic (exact) mass is 272 g/mol. The lowest BCUT2D eigenvalue weighted by atomic mass is 10.1. The van der Waals surface area contributed by atoms with Gasteiger partial charge in [0.1, 0.15) is 0 Å². The molecule has 0 amide bonds. The molecule has 20 heavy (non-hydrogen) atoms. The van der Waals surface area contributed by atoms with Crippen LogP contribution in [-0.4, -0.2) is 24.8 Å². The molecule has 0 aliphatic rings. The summed E-state index contributed by atoms with van der Waals surface area (Å²) in [6.45, 7) is 9.57. The molecule has 0 aliphatic heterocycles. The maximum atomic E-state index is 5.03. The van der Waals surface area contributed by atoms with Crippen LogP contribution in [-0.2, 0) is 17.8 Å². The standard InChI is InChI=1S/C17H24N2O/c1-14(2)6-9-19-10-7-16-12-15(4-5-17(16)19)13-18-8-11-20-3/h4-5,7,10,12,18H,1,6,8-9,11,13H2,2-3H3. The molecule has 0 unspecified atom stereocenters. The van der Waals surface area contributed by atoms with Crippen molar-refractivity contribution in [3.05, 3.63) is 48.2 Å². The van der Waals surface area contributed by atoms with E-state index in [1.807, 2.05) is 0 Å². The first-order valence-electron chi connectivity index (χ1n) is 7.12. The molecule has 0 radical (unpaired) electrons. The largest absolute Gasteiger partial charge is 0.383 e. The number of nitrogens with zero attached hydrogens (tertiary/aromatic N) is 1. The SMILES string of the molecule is C=C(C)CCn1ccc2cc(CNCCOC)ccc21. The summed E-state index contributed by atoms with van der Waals surface area (Å²) >= 11 is 0. The van der Waals surface area contributed by atoms with Gasteiger partial charge in [0.25, 0.3) is 0 Å². The van der Waals surface area contributed by atoms with Crippen LogP contribution < -0.4 is 5.32 Å². The van der Waals surface area contributed by atoms with Gasteiger partial charge in [-0.05, 0) is 42.5 Å². The highest BCUT2D eigenvalue weighted by Gasteiger charge is 2.02. The molecule has 0 bridgehead atoms. The summed E-state index contributed by atoms with van der Waals surface area (Å²) in [7, 11) is 1.72. The fourth-order valence-electron chi connectivity index (χ4n) is 2.27. The number of ether oxygens (including phenoxy) is 1. The molecular formula is C17H24N2O. The number of benzene rings is 1. The highest BCUT2D eigenvalue weighted by molar-refractivity contribution is 5.80. The van der Waals surface area contributed by atoms with Crippen LogP contribution >= 0.6 is 0 Å². The van der Waals surface area contributed by atoms with Gasteiger partial charge in [-0.3, -0.25) is 0 Å². The highest BCUT2D eigenvalue weighted by Crippen LogP contribution is 2.18. The number of methoxy groups -OCH3 is 1. The summed E-state index contributed by atoms with van der Waals surface area (Å²) in [6, 6.07) is 8.85. The number of rotatable bonds is 8. The highest BCUT2D eigenvalue weighted by atomic mass is 16.5. The molecule has 108 valence electrons. The number of aryl methyl sites for hydroxylation is 1. The molecule has 1 aromatic heterocycles. The Morgan fingerprint density at radius 2 is 2.20 bits per heavy atom. The Kier molecular flexibility index (Phi) is 5.39. The van der Waals surface area contributed by atoms with Gasteiger partial charge >= 0.3 is 0 Å². The molecule has 1 N–H and O–H groups in total. The smallest absolute Gasteiger partial charge is 0.0587 e. The second kappa shape index (κ2) is 7.27. The van der Waals surface area contributed by atoms with E-state index >= 15 is 0 Å². The van der Waals surface area contributed by atoms with Crippen molar-refractivity contribution in [2.45, 2.75) is 26.4 Å². The van der Waals surface area contributed by atoms with Crippen LogP contribution in [0.3, 0.4) is 0 Å². The van der Waals surface area contributed by atoms with Crippen molar-refractivity contribution in [3.8, 4) is 0 Å². The summed E-state index contributed by atoms with van der Waals surface area (Å²) < 4.78 is 7.32. The minimum Gasteiger partial charge on any atom is -0.383 e. The fourth-order valence-corrected chi connectivity index (χ4v) is 2.27. The van der Waals surface area contributed by atoms with E-state index in [-0.39, 0.29) is 0 Å². The lowest BCUT2D eigenvalue weighted by Crippen LogP contribution is -2.18. The molecule has 0 fully saturated rings. The topological polar surface area (TPSA) is 26.2 Å². The van der Waals surface area contributed by atoms with Crippen molar-refractivity contribution in [1.82, 2.24) is 9.88 Å². The van der Waals surface area contributed by atoms with Gasteiger partial charge in [-0.15, -0.1) is 6.58 Å². The second-order valence-electron chi connectivity index (χ2n) is 5.28. The number of nitrogens with one attached hydrogen (secondary N) is 1. The van der Waals surface area contributed by atoms with E-state index in [1.165, 1.54) is 22.0 Å². The molecule has 0 spiro atoms. The van der Waals surface area contributed by atoms with Gasteiger partial charge < -0.3 is 14.6 Å². The molecule has 1 heterocycles. The van der Waals surface area contributed by atoms with Crippen LogP contribution in [0.5, 0.6) is 0 Å². The Balaban J connectivity index is 2.02. The molecule has 3 nitrogen and oxygen atoms in total. The summed E-state index contributed by atoms with van der Waals surface area (Å²) in [5, 5.41) is 4.67. The van der Waals surface area contributed by atoms with Gasteiger partial charge in [-0.25, -0.2) is 0 Å². The molecule has 2 rings (SSSR count). The van der Waals surface area contributed by atoms with Gasteiger partial charge in [0.2, 0.25) is 0 Å². The van der Waals surface area contributed by atoms with Crippen molar-refractivity contribution in [3.63, 3.8) is 0 Å². The maximum Gasteiger partial charge on any atom is 0.0587 e. The van der Waals surface area contributed by atoms with E-state index in [0.717, 1.165) is 32.7 Å². The predicted molar refractivity (Wildman–Crippen MR) is 85.0 cm³/mol. The van der Waals surface area contributed by atoms with Crippen LogP contribution in [0.4, 0.5) is 0 Å². The Morgan fingerprint density at radius 3 is 2.95 bits per heavy atom. The first-order chi connectivity index (χ1) is 9.70. The van der Waals surface area contributed by atoms with Crippen LogP contribution in [0.15, 0.2) is 42.6 Å². The number of hydrogen-bond acceptors (Lipinski definition) is 2. The molecule has 0 aliphatic carbocycles. The first kappa shape index (κ1) is 14.8. The summed E-state index contributed by atoms with van der Waals surface area (Å²) in [5.41, 5.74) is 3.84.